The van der Waals surface area contributed by atoms with Crippen molar-refractivity contribution in [3.8, 4) is 5.75 Å². The van der Waals surface area contributed by atoms with Crippen LogP contribution in [0.2, 0.25) is 5.02 Å². The number of halogens is 3. The summed E-state index contributed by atoms with van der Waals surface area (Å²) >= 11 is 5.68. The summed E-state index contributed by atoms with van der Waals surface area (Å²) in [4.78, 5) is 11.6. The van der Waals surface area contributed by atoms with Crippen molar-refractivity contribution >= 4 is 17.5 Å². The van der Waals surface area contributed by atoms with Crippen LogP contribution in [-0.2, 0) is 0 Å². The fourth-order valence-corrected chi connectivity index (χ4v) is 1.33. The summed E-state index contributed by atoms with van der Waals surface area (Å²) in [7, 11) is 0. The van der Waals surface area contributed by atoms with Crippen LogP contribution in [0.3, 0.4) is 0 Å². The van der Waals surface area contributed by atoms with Crippen LogP contribution in [0.1, 0.15) is 10.4 Å². The fourth-order valence-electron chi connectivity index (χ4n) is 1.16. The molecule has 0 aliphatic carbocycles. The third-order valence-corrected chi connectivity index (χ3v) is 2.07. The van der Waals surface area contributed by atoms with Crippen molar-refractivity contribution < 1.29 is 18.3 Å². The number of benzene rings is 1. The van der Waals surface area contributed by atoms with Crippen LogP contribution >= 0.6 is 11.6 Å². The topological polar surface area (TPSA) is 64.3 Å². The normalized spacial score (nSPS) is 10.4. The van der Waals surface area contributed by atoms with Gasteiger partial charge in [-0.05, 0) is 18.2 Å². The predicted molar refractivity (Wildman–Crippen MR) is 59.5 cm³/mol. The van der Waals surface area contributed by atoms with Crippen molar-refractivity contribution in [1.29, 1.82) is 0 Å². The molecule has 1 rings (SSSR count). The molecule has 0 heterocycles. The molecule has 1 aromatic carbocycles. The molecule has 0 bridgehead atoms. The molecule has 0 aromatic heterocycles. The third kappa shape index (κ3) is 4.16. The Morgan fingerprint density at radius 2 is 2.24 bits per heavy atom. The zero-order valence-electron chi connectivity index (χ0n) is 8.75. The van der Waals surface area contributed by atoms with Crippen LogP contribution < -0.4 is 15.8 Å². The second-order valence-corrected chi connectivity index (χ2v) is 3.50. The zero-order valence-corrected chi connectivity index (χ0v) is 9.51. The second kappa shape index (κ2) is 6.36. The summed E-state index contributed by atoms with van der Waals surface area (Å²) in [5.41, 5.74) is 5.16. The third-order valence-electron chi connectivity index (χ3n) is 1.83. The van der Waals surface area contributed by atoms with E-state index in [0.29, 0.717) is 0 Å². The molecule has 0 radical (unpaired) electrons. The lowest BCUT2D eigenvalue weighted by Crippen LogP contribution is -2.29. The molecule has 3 N–H and O–H groups in total. The number of carbonyl (C=O) groups excluding carboxylic acids is 1. The Bertz CT molecular complexity index is 402. The van der Waals surface area contributed by atoms with Gasteiger partial charge in [-0.15, -0.1) is 0 Å². The van der Waals surface area contributed by atoms with Crippen molar-refractivity contribution in [3.63, 3.8) is 0 Å². The Labute approximate surface area is 102 Å². The van der Waals surface area contributed by atoms with E-state index in [1.807, 2.05) is 0 Å². The number of ether oxygens (including phenoxy) is 1. The smallest absolute Gasteiger partial charge is 0.387 e. The van der Waals surface area contributed by atoms with E-state index in [0.717, 1.165) is 0 Å². The van der Waals surface area contributed by atoms with Gasteiger partial charge in [-0.25, -0.2) is 0 Å². The van der Waals surface area contributed by atoms with Gasteiger partial charge in [0.1, 0.15) is 5.75 Å². The number of nitrogens with one attached hydrogen (secondary N) is 1. The molecule has 0 aliphatic heterocycles. The van der Waals surface area contributed by atoms with E-state index in [2.05, 4.69) is 10.1 Å². The van der Waals surface area contributed by atoms with E-state index in [-0.39, 0.29) is 29.4 Å². The highest BCUT2D eigenvalue weighted by molar-refractivity contribution is 6.31. The van der Waals surface area contributed by atoms with Crippen LogP contribution in [-0.4, -0.2) is 25.6 Å². The van der Waals surface area contributed by atoms with Gasteiger partial charge >= 0.3 is 6.61 Å². The van der Waals surface area contributed by atoms with E-state index in [9.17, 15) is 13.6 Å². The highest BCUT2D eigenvalue weighted by Crippen LogP contribution is 2.24. The summed E-state index contributed by atoms with van der Waals surface area (Å²) in [6.07, 6.45) is 0. The molecule has 0 atom stereocenters. The first-order valence-corrected chi connectivity index (χ1v) is 5.15. The minimum absolute atomic E-state index is 0.0498. The van der Waals surface area contributed by atoms with E-state index < -0.39 is 12.5 Å². The highest BCUT2D eigenvalue weighted by Gasteiger charge is 2.15. The molecule has 0 unspecified atom stereocenters. The highest BCUT2D eigenvalue weighted by atomic mass is 35.5. The molecular weight excluding hydrogens is 254 g/mol. The number of nitrogens with two attached hydrogens (primary N) is 1. The lowest BCUT2D eigenvalue weighted by molar-refractivity contribution is -0.0501. The molecule has 1 aromatic rings. The van der Waals surface area contributed by atoms with Gasteiger partial charge in [0, 0.05) is 18.1 Å². The van der Waals surface area contributed by atoms with Gasteiger partial charge in [0.05, 0.1) is 5.56 Å². The quantitative estimate of drug-likeness (QED) is 0.850. The van der Waals surface area contributed by atoms with Crippen molar-refractivity contribution in [2.75, 3.05) is 13.1 Å². The molecule has 94 valence electrons. The number of rotatable bonds is 5. The van der Waals surface area contributed by atoms with Crippen LogP contribution in [0.5, 0.6) is 5.75 Å². The van der Waals surface area contributed by atoms with Gasteiger partial charge in [-0.1, -0.05) is 11.6 Å². The largest absolute Gasteiger partial charge is 0.434 e. The second-order valence-electron chi connectivity index (χ2n) is 3.06. The summed E-state index contributed by atoms with van der Waals surface area (Å²) in [5, 5.41) is 2.70. The first-order valence-electron chi connectivity index (χ1n) is 4.77. The molecule has 7 heteroatoms. The molecule has 4 nitrogen and oxygen atoms in total. The van der Waals surface area contributed by atoms with E-state index in [4.69, 9.17) is 17.3 Å². The average Bonchev–Trinajstić information content (AvgIpc) is 2.27. The molecule has 0 saturated heterocycles. The molecular formula is C10H11ClF2N2O2. The summed E-state index contributed by atoms with van der Waals surface area (Å²) in [5.74, 6) is -0.785. The first kappa shape index (κ1) is 13.7. The number of carbonyl (C=O) groups is 1. The maximum atomic E-state index is 12.1. The lowest BCUT2D eigenvalue weighted by atomic mass is 10.2. The van der Waals surface area contributed by atoms with Crippen LogP contribution in [0, 0.1) is 0 Å². The van der Waals surface area contributed by atoms with Crippen molar-refractivity contribution in [2.24, 2.45) is 5.73 Å². The Hall–Kier alpha value is -1.40. The Morgan fingerprint density at radius 1 is 1.53 bits per heavy atom. The zero-order chi connectivity index (χ0) is 12.8. The minimum atomic E-state index is -3.00. The van der Waals surface area contributed by atoms with Crippen LogP contribution in [0.25, 0.3) is 0 Å². The summed E-state index contributed by atoms with van der Waals surface area (Å²) < 4.78 is 28.4. The SMILES string of the molecule is NCCNC(=O)c1cc(Cl)ccc1OC(F)F. The number of alkyl halides is 2. The predicted octanol–water partition coefficient (Wildman–Crippen LogP) is 1.63. The minimum Gasteiger partial charge on any atom is -0.434 e. The van der Waals surface area contributed by atoms with Crippen molar-refractivity contribution in [2.45, 2.75) is 6.61 Å². The molecule has 1 amide bonds. The van der Waals surface area contributed by atoms with Gasteiger partial charge < -0.3 is 15.8 Å². The maximum Gasteiger partial charge on any atom is 0.387 e. The van der Waals surface area contributed by atoms with Gasteiger partial charge in [0.25, 0.3) is 5.91 Å². The molecule has 0 fully saturated rings. The Kier molecular flexibility index (Phi) is 5.11. The van der Waals surface area contributed by atoms with E-state index in [1.165, 1.54) is 18.2 Å². The summed E-state index contributed by atoms with van der Waals surface area (Å²) in [6.45, 7) is -2.52. The maximum absolute atomic E-state index is 12.1. The van der Waals surface area contributed by atoms with Gasteiger partial charge in [-0.2, -0.15) is 8.78 Å². The molecule has 0 saturated carbocycles. The number of hydrogen-bond donors (Lipinski definition) is 2. The molecule has 17 heavy (non-hydrogen) atoms. The van der Waals surface area contributed by atoms with Gasteiger partial charge in [0.15, 0.2) is 0 Å². The number of amides is 1. The molecule has 0 spiro atoms. The van der Waals surface area contributed by atoms with Gasteiger partial charge in [0.2, 0.25) is 0 Å². The van der Waals surface area contributed by atoms with Crippen molar-refractivity contribution in [1.82, 2.24) is 5.32 Å². The number of hydrogen-bond acceptors (Lipinski definition) is 3. The van der Waals surface area contributed by atoms with Crippen LogP contribution in [0.15, 0.2) is 18.2 Å². The van der Waals surface area contributed by atoms with Crippen LogP contribution in [0.4, 0.5) is 8.78 Å². The Balaban J connectivity index is 2.93. The van der Waals surface area contributed by atoms with Gasteiger partial charge in [-0.3, -0.25) is 4.79 Å². The van der Waals surface area contributed by atoms with E-state index >= 15 is 0 Å². The summed E-state index contributed by atoms with van der Waals surface area (Å²) in [6, 6.07) is 3.83. The Morgan fingerprint density at radius 3 is 2.82 bits per heavy atom. The molecule has 0 aliphatic rings. The van der Waals surface area contributed by atoms with Crippen molar-refractivity contribution in [3.05, 3.63) is 28.8 Å². The average molecular weight is 265 g/mol. The monoisotopic (exact) mass is 264 g/mol. The first-order chi connectivity index (χ1) is 8.04. The standard InChI is InChI=1S/C10H11ClF2N2O2/c11-6-1-2-8(17-10(12)13)7(5-6)9(16)15-4-3-14/h1-2,5,10H,3-4,14H2,(H,15,16). The lowest BCUT2D eigenvalue weighted by Gasteiger charge is -2.10. The fraction of sp³-hybridized carbons (Fsp3) is 0.300. The van der Waals surface area contributed by atoms with E-state index in [1.54, 1.807) is 0 Å².